The lowest BCUT2D eigenvalue weighted by molar-refractivity contribution is -0.149. The SMILES string of the molecule is CC(CCNC(=O)OCC1c2ccccc2-c2ccccc21)C(=O)N1CC(O)C[C@H]1C(=O)O. The van der Waals surface area contributed by atoms with E-state index >= 15 is 0 Å². The van der Waals surface area contributed by atoms with E-state index in [2.05, 4.69) is 17.4 Å². The van der Waals surface area contributed by atoms with Gasteiger partial charge in [0.2, 0.25) is 5.91 Å². The number of aliphatic carboxylic acids is 1. The number of ether oxygens (including phenoxy) is 1. The summed E-state index contributed by atoms with van der Waals surface area (Å²) in [5.74, 6) is -1.98. The molecular formula is C25H28N2O6. The maximum atomic E-state index is 12.6. The highest BCUT2D eigenvalue weighted by molar-refractivity contribution is 5.85. The van der Waals surface area contributed by atoms with Crippen molar-refractivity contribution in [3.8, 4) is 11.1 Å². The second kappa shape index (κ2) is 9.62. The number of carbonyl (C=O) groups is 3. The number of aliphatic hydroxyl groups is 1. The summed E-state index contributed by atoms with van der Waals surface area (Å²) in [6, 6.07) is 15.2. The van der Waals surface area contributed by atoms with Gasteiger partial charge >= 0.3 is 12.1 Å². The number of hydrogen-bond acceptors (Lipinski definition) is 5. The number of β-amino-alcohol motifs (C(OH)–C–C–N with tert-alkyl or cyclic N) is 1. The van der Waals surface area contributed by atoms with Crippen LogP contribution in [0.1, 0.15) is 36.8 Å². The Morgan fingerprint density at radius 1 is 1.09 bits per heavy atom. The fourth-order valence-electron chi connectivity index (χ4n) is 4.74. The number of fused-ring (bicyclic) bond motifs is 3. The van der Waals surface area contributed by atoms with Crippen LogP contribution in [0.2, 0.25) is 0 Å². The number of nitrogens with one attached hydrogen (secondary N) is 1. The minimum Gasteiger partial charge on any atom is -0.480 e. The molecule has 2 unspecified atom stereocenters. The molecule has 1 aliphatic heterocycles. The molecule has 0 bridgehead atoms. The number of aliphatic hydroxyl groups excluding tert-OH is 1. The van der Waals surface area contributed by atoms with Crippen molar-refractivity contribution in [2.24, 2.45) is 5.92 Å². The van der Waals surface area contributed by atoms with Crippen LogP contribution < -0.4 is 5.32 Å². The fourth-order valence-corrected chi connectivity index (χ4v) is 4.74. The average molecular weight is 453 g/mol. The quantitative estimate of drug-likeness (QED) is 0.595. The summed E-state index contributed by atoms with van der Waals surface area (Å²) >= 11 is 0. The first-order valence-electron chi connectivity index (χ1n) is 11.2. The predicted molar refractivity (Wildman–Crippen MR) is 121 cm³/mol. The lowest BCUT2D eigenvalue weighted by Gasteiger charge is -2.24. The average Bonchev–Trinajstić information content (AvgIpc) is 3.35. The molecule has 1 saturated heterocycles. The molecule has 3 N–H and O–H groups in total. The monoisotopic (exact) mass is 452 g/mol. The standard InChI is InChI=1S/C25H28N2O6/c1-15(23(29)27-13-16(28)12-22(27)24(30)31)10-11-26-25(32)33-14-21-19-8-4-2-6-17(19)18-7-3-5-9-20(18)21/h2-9,15-16,21-22,28H,10-14H2,1H3,(H,26,32)(H,30,31)/t15?,16?,22-/m0/s1. The maximum absolute atomic E-state index is 12.6. The molecule has 2 aromatic rings. The third-order valence-electron chi connectivity index (χ3n) is 6.46. The number of carbonyl (C=O) groups excluding carboxylic acids is 2. The number of carboxylic acid groups (broad SMARTS) is 1. The van der Waals surface area contributed by atoms with E-state index in [1.807, 2.05) is 36.4 Å². The van der Waals surface area contributed by atoms with Gasteiger partial charge in [0.05, 0.1) is 6.10 Å². The van der Waals surface area contributed by atoms with Crippen LogP contribution in [0.4, 0.5) is 4.79 Å². The number of benzene rings is 2. The summed E-state index contributed by atoms with van der Waals surface area (Å²) < 4.78 is 5.49. The van der Waals surface area contributed by atoms with Crippen LogP contribution in [-0.4, -0.2) is 64.9 Å². The zero-order chi connectivity index (χ0) is 23.5. The Bertz CT molecular complexity index is 1010. The van der Waals surface area contributed by atoms with Crippen LogP contribution >= 0.6 is 0 Å². The van der Waals surface area contributed by atoms with Crippen molar-refractivity contribution in [2.45, 2.75) is 37.8 Å². The Morgan fingerprint density at radius 3 is 2.30 bits per heavy atom. The van der Waals surface area contributed by atoms with Gasteiger partial charge < -0.3 is 25.2 Å². The Hall–Kier alpha value is -3.39. The molecule has 2 aliphatic rings. The lowest BCUT2D eigenvalue weighted by atomic mass is 9.98. The van der Waals surface area contributed by atoms with Crippen LogP contribution in [0.5, 0.6) is 0 Å². The fraction of sp³-hybridized carbons (Fsp3) is 0.400. The van der Waals surface area contributed by atoms with Crippen LogP contribution in [0, 0.1) is 5.92 Å². The van der Waals surface area contributed by atoms with E-state index in [1.165, 1.54) is 4.90 Å². The summed E-state index contributed by atoms with van der Waals surface area (Å²) in [6.45, 7) is 2.13. The molecule has 0 aromatic heterocycles. The van der Waals surface area contributed by atoms with Crippen LogP contribution in [0.25, 0.3) is 11.1 Å². The minimum atomic E-state index is -1.12. The molecule has 0 spiro atoms. The molecule has 8 heteroatoms. The summed E-state index contributed by atoms with van der Waals surface area (Å²) in [5, 5.41) is 21.7. The number of carboxylic acids is 1. The van der Waals surface area contributed by atoms with Crippen LogP contribution in [0.15, 0.2) is 48.5 Å². The zero-order valence-corrected chi connectivity index (χ0v) is 18.4. The first-order chi connectivity index (χ1) is 15.9. The highest BCUT2D eigenvalue weighted by Crippen LogP contribution is 2.44. The van der Waals surface area contributed by atoms with E-state index < -0.39 is 30.1 Å². The largest absolute Gasteiger partial charge is 0.480 e. The number of hydrogen-bond donors (Lipinski definition) is 3. The minimum absolute atomic E-state index is 0.0138. The molecule has 1 heterocycles. The van der Waals surface area contributed by atoms with Gasteiger partial charge in [-0.1, -0.05) is 55.5 Å². The lowest BCUT2D eigenvalue weighted by Crippen LogP contribution is -2.43. The summed E-state index contributed by atoms with van der Waals surface area (Å²) in [7, 11) is 0. The van der Waals surface area contributed by atoms with E-state index in [-0.39, 0.29) is 37.9 Å². The number of amides is 2. The molecular weight excluding hydrogens is 424 g/mol. The summed E-state index contributed by atoms with van der Waals surface area (Å²) in [6.07, 6.45) is -1.02. The van der Waals surface area contributed by atoms with Crippen molar-refractivity contribution < 1.29 is 29.3 Å². The molecule has 2 aromatic carbocycles. The van der Waals surface area contributed by atoms with E-state index in [0.717, 1.165) is 22.3 Å². The van der Waals surface area contributed by atoms with Gasteiger partial charge in [-0.2, -0.15) is 0 Å². The van der Waals surface area contributed by atoms with Gasteiger partial charge in [-0.15, -0.1) is 0 Å². The maximum Gasteiger partial charge on any atom is 0.407 e. The van der Waals surface area contributed by atoms with Crippen molar-refractivity contribution in [3.05, 3.63) is 59.7 Å². The van der Waals surface area contributed by atoms with Crippen LogP contribution in [-0.2, 0) is 14.3 Å². The highest BCUT2D eigenvalue weighted by atomic mass is 16.5. The Labute approximate surface area is 192 Å². The molecule has 1 aliphatic carbocycles. The van der Waals surface area contributed by atoms with Crippen molar-refractivity contribution in [1.82, 2.24) is 10.2 Å². The number of rotatable bonds is 7. The number of nitrogens with zero attached hydrogens (tertiary/aromatic N) is 1. The molecule has 2 amide bonds. The van der Waals surface area contributed by atoms with E-state index in [0.29, 0.717) is 6.42 Å². The van der Waals surface area contributed by atoms with Gasteiger partial charge in [-0.05, 0) is 28.7 Å². The molecule has 174 valence electrons. The number of alkyl carbamates (subject to hydrolysis) is 1. The highest BCUT2D eigenvalue weighted by Gasteiger charge is 2.40. The van der Waals surface area contributed by atoms with Gasteiger partial charge in [-0.3, -0.25) is 4.79 Å². The summed E-state index contributed by atoms with van der Waals surface area (Å²) in [5.41, 5.74) is 4.57. The second-order valence-electron chi connectivity index (χ2n) is 8.68. The van der Waals surface area contributed by atoms with E-state index in [4.69, 9.17) is 4.74 Å². The van der Waals surface area contributed by atoms with Crippen molar-refractivity contribution in [1.29, 1.82) is 0 Å². The first-order valence-corrected chi connectivity index (χ1v) is 11.2. The Morgan fingerprint density at radius 2 is 1.70 bits per heavy atom. The normalized spacial score (nSPS) is 20.1. The Kier molecular flexibility index (Phi) is 6.65. The second-order valence-corrected chi connectivity index (χ2v) is 8.68. The van der Waals surface area contributed by atoms with Gasteiger partial charge in [0.25, 0.3) is 0 Å². The zero-order valence-electron chi connectivity index (χ0n) is 18.4. The topological polar surface area (TPSA) is 116 Å². The first kappa shape index (κ1) is 22.8. The third kappa shape index (κ3) is 4.71. The Balaban J connectivity index is 1.27. The van der Waals surface area contributed by atoms with Crippen molar-refractivity contribution in [3.63, 3.8) is 0 Å². The van der Waals surface area contributed by atoms with Gasteiger partial charge in [0, 0.05) is 31.3 Å². The van der Waals surface area contributed by atoms with Gasteiger partial charge in [-0.25, -0.2) is 9.59 Å². The molecule has 0 radical (unpaired) electrons. The molecule has 33 heavy (non-hydrogen) atoms. The van der Waals surface area contributed by atoms with Crippen molar-refractivity contribution >= 4 is 18.0 Å². The molecule has 1 fully saturated rings. The summed E-state index contributed by atoms with van der Waals surface area (Å²) in [4.78, 5) is 37.5. The van der Waals surface area contributed by atoms with E-state index in [1.54, 1.807) is 6.92 Å². The predicted octanol–water partition coefficient (Wildman–Crippen LogP) is 2.60. The van der Waals surface area contributed by atoms with Crippen LogP contribution in [0.3, 0.4) is 0 Å². The van der Waals surface area contributed by atoms with Crippen molar-refractivity contribution in [2.75, 3.05) is 19.7 Å². The number of likely N-dealkylation sites (tertiary alicyclic amines) is 1. The van der Waals surface area contributed by atoms with Gasteiger partial charge in [0.15, 0.2) is 0 Å². The van der Waals surface area contributed by atoms with Gasteiger partial charge in [0.1, 0.15) is 12.6 Å². The molecule has 0 saturated carbocycles. The van der Waals surface area contributed by atoms with E-state index in [9.17, 15) is 24.6 Å². The third-order valence-corrected chi connectivity index (χ3v) is 6.46. The molecule has 3 atom stereocenters. The smallest absolute Gasteiger partial charge is 0.407 e. The molecule has 8 nitrogen and oxygen atoms in total. The molecule has 4 rings (SSSR count).